The van der Waals surface area contributed by atoms with Crippen LogP contribution in [0.1, 0.15) is 0 Å². The van der Waals surface area contributed by atoms with Crippen LogP contribution in [0.3, 0.4) is 0 Å². The van der Waals surface area contributed by atoms with Crippen LogP contribution in [0.2, 0.25) is 0 Å². The summed E-state index contributed by atoms with van der Waals surface area (Å²) in [7, 11) is 0. The molecule has 0 aliphatic heterocycles. The second-order valence-electron chi connectivity index (χ2n) is 10.9. The van der Waals surface area contributed by atoms with Crippen molar-refractivity contribution in [2.24, 2.45) is 0 Å². The van der Waals surface area contributed by atoms with Crippen molar-refractivity contribution < 1.29 is 54.0 Å². The molecule has 5 N–H and O–H groups in total. The molecular weight excluding hydrogens is 679 g/mol. The molecule has 0 heterocycles. The molecular formula is C36H40Cl2O11. The summed E-state index contributed by atoms with van der Waals surface area (Å²) < 4.78 is 34.3. The van der Waals surface area contributed by atoms with E-state index in [1.165, 1.54) is 0 Å². The van der Waals surface area contributed by atoms with Crippen molar-refractivity contribution in [3.05, 3.63) is 91.0 Å². The van der Waals surface area contributed by atoms with Gasteiger partial charge in [0.2, 0.25) is 0 Å². The first-order chi connectivity index (χ1) is 23.8. The van der Waals surface area contributed by atoms with E-state index in [2.05, 4.69) is 0 Å². The van der Waals surface area contributed by atoms with Crippen LogP contribution in [0, 0.1) is 0 Å². The highest BCUT2D eigenvalue weighted by Gasteiger charge is 2.14. The van der Waals surface area contributed by atoms with Gasteiger partial charge in [0.1, 0.15) is 86.2 Å². The van der Waals surface area contributed by atoms with Crippen molar-refractivity contribution >= 4 is 23.2 Å². The maximum Gasteiger partial charge on any atom is 0.169 e. The summed E-state index contributed by atoms with van der Waals surface area (Å²) in [4.78, 5) is 0. The zero-order valence-corrected chi connectivity index (χ0v) is 28.1. The van der Waals surface area contributed by atoms with Crippen LogP contribution in [-0.4, -0.2) is 101 Å². The van der Waals surface area contributed by atoms with Gasteiger partial charge >= 0.3 is 0 Å². The topological polar surface area (TPSA) is 157 Å². The Balaban J connectivity index is 1.33. The third-order valence-corrected chi connectivity index (χ3v) is 7.49. The smallest absolute Gasteiger partial charge is 0.169 e. The molecule has 0 spiro atoms. The van der Waals surface area contributed by atoms with Gasteiger partial charge in [-0.05, 0) is 71.8 Å². The van der Waals surface area contributed by atoms with Crippen molar-refractivity contribution in [2.45, 2.75) is 24.4 Å². The summed E-state index contributed by atoms with van der Waals surface area (Å²) in [5.41, 5.74) is 1.92. The normalized spacial score (nSPS) is 13.5. The Morgan fingerprint density at radius 1 is 0.429 bits per heavy atom. The fourth-order valence-corrected chi connectivity index (χ4v) is 4.32. The van der Waals surface area contributed by atoms with Crippen molar-refractivity contribution in [2.75, 3.05) is 51.4 Å². The van der Waals surface area contributed by atoms with Crippen LogP contribution in [0.4, 0.5) is 0 Å². The predicted octanol–water partition coefficient (Wildman–Crippen LogP) is 4.65. The van der Waals surface area contributed by atoms with E-state index in [0.29, 0.717) is 34.5 Å². The van der Waals surface area contributed by atoms with Crippen molar-refractivity contribution in [1.82, 2.24) is 0 Å². The zero-order valence-electron chi connectivity index (χ0n) is 26.6. The molecule has 0 aliphatic carbocycles. The molecule has 0 bridgehead atoms. The SMILES string of the molecule is OCC(O)COc1ccc(Oc2ccc(OCC(O)CCl)cc2)c(OCC(O)COc2ccc(-c3ccc(OCC(O)CCl)cc3)cc2)c1. The Morgan fingerprint density at radius 2 is 0.816 bits per heavy atom. The first-order valence-corrected chi connectivity index (χ1v) is 16.5. The van der Waals surface area contributed by atoms with Gasteiger partial charge in [0.05, 0.1) is 18.4 Å². The first-order valence-electron chi connectivity index (χ1n) is 15.5. The van der Waals surface area contributed by atoms with Gasteiger partial charge in [0.15, 0.2) is 11.5 Å². The number of rotatable bonds is 21. The molecule has 264 valence electrons. The van der Waals surface area contributed by atoms with Crippen LogP contribution in [0.5, 0.6) is 40.2 Å². The lowest BCUT2D eigenvalue weighted by Gasteiger charge is -2.18. The quantitative estimate of drug-likeness (QED) is 0.0765. The second kappa shape index (κ2) is 19.9. The van der Waals surface area contributed by atoms with E-state index in [-0.39, 0.29) is 50.5 Å². The third kappa shape index (κ3) is 12.8. The fraction of sp³-hybridized carbons (Fsp3) is 0.333. The number of ether oxygens (including phenoxy) is 6. The maximum absolute atomic E-state index is 10.7. The average Bonchev–Trinajstić information content (AvgIpc) is 3.14. The molecule has 0 aliphatic rings. The molecule has 0 radical (unpaired) electrons. The summed E-state index contributed by atoms with van der Waals surface area (Å²) >= 11 is 11.2. The van der Waals surface area contributed by atoms with Gasteiger partial charge in [-0.2, -0.15) is 0 Å². The van der Waals surface area contributed by atoms with Crippen molar-refractivity contribution in [1.29, 1.82) is 0 Å². The standard InChI is InChI=1S/C36H40Cl2O11/c37-16-26(40)19-44-30-5-1-24(2-6-30)25-3-7-31(8-4-25)46-22-29(43)23-48-36-15-34(47-21-28(42)18-39)13-14-35(36)49-33-11-9-32(10-12-33)45-20-27(41)17-38/h1-15,26-29,39-43H,16-23H2. The minimum atomic E-state index is -1.05. The molecule has 4 unspecified atom stereocenters. The van der Waals surface area contributed by atoms with E-state index in [1.54, 1.807) is 54.6 Å². The zero-order chi connectivity index (χ0) is 35.0. The largest absolute Gasteiger partial charge is 0.491 e. The molecule has 4 aromatic rings. The van der Waals surface area contributed by atoms with Crippen molar-refractivity contribution in [3.63, 3.8) is 0 Å². The van der Waals surface area contributed by atoms with Gasteiger partial charge in [0, 0.05) is 6.07 Å². The highest BCUT2D eigenvalue weighted by molar-refractivity contribution is 6.18. The summed E-state index contributed by atoms with van der Waals surface area (Å²) in [6.45, 7) is -0.593. The molecule has 0 aromatic heterocycles. The minimum absolute atomic E-state index is 0.0471. The number of aliphatic hydroxyl groups excluding tert-OH is 5. The molecule has 0 saturated heterocycles. The number of benzene rings is 4. The monoisotopic (exact) mass is 718 g/mol. The molecule has 13 heteroatoms. The summed E-state index contributed by atoms with van der Waals surface area (Å²) in [5.74, 6) is 3.30. The summed E-state index contributed by atoms with van der Waals surface area (Å²) in [6.07, 6.45) is -3.56. The van der Waals surface area contributed by atoms with Crippen LogP contribution in [-0.2, 0) is 0 Å². The Kier molecular flexibility index (Phi) is 15.4. The maximum atomic E-state index is 10.7. The van der Waals surface area contributed by atoms with Crippen LogP contribution in [0.15, 0.2) is 91.0 Å². The molecule has 4 atom stereocenters. The van der Waals surface area contributed by atoms with E-state index in [4.69, 9.17) is 56.7 Å². The Bertz CT molecular complexity index is 1520. The van der Waals surface area contributed by atoms with Gasteiger partial charge in [-0.25, -0.2) is 0 Å². The highest BCUT2D eigenvalue weighted by Crippen LogP contribution is 2.36. The summed E-state index contributed by atoms with van der Waals surface area (Å²) in [5, 5.41) is 48.6. The first kappa shape index (κ1) is 37.9. The van der Waals surface area contributed by atoms with Gasteiger partial charge in [-0.15, -0.1) is 23.2 Å². The van der Waals surface area contributed by atoms with Gasteiger partial charge in [-0.3, -0.25) is 0 Å². The number of hydrogen-bond acceptors (Lipinski definition) is 11. The molecule has 4 rings (SSSR count). The lowest BCUT2D eigenvalue weighted by atomic mass is 10.1. The Morgan fingerprint density at radius 3 is 1.31 bits per heavy atom. The molecule has 0 saturated carbocycles. The summed E-state index contributed by atoms with van der Waals surface area (Å²) in [6, 6.07) is 26.4. The van der Waals surface area contributed by atoms with E-state index < -0.39 is 31.0 Å². The van der Waals surface area contributed by atoms with E-state index in [9.17, 15) is 20.4 Å². The number of hydrogen-bond donors (Lipinski definition) is 5. The van der Waals surface area contributed by atoms with Gasteiger partial charge < -0.3 is 54.0 Å². The molecule has 49 heavy (non-hydrogen) atoms. The Hall–Kier alpha value is -3.94. The minimum Gasteiger partial charge on any atom is -0.491 e. The van der Waals surface area contributed by atoms with E-state index in [0.717, 1.165) is 11.1 Å². The fourth-order valence-electron chi connectivity index (χ4n) is 4.14. The van der Waals surface area contributed by atoms with E-state index in [1.807, 2.05) is 36.4 Å². The van der Waals surface area contributed by atoms with Gasteiger partial charge in [0.25, 0.3) is 0 Å². The average molecular weight is 720 g/mol. The van der Waals surface area contributed by atoms with Crippen molar-refractivity contribution in [3.8, 4) is 51.4 Å². The molecule has 0 amide bonds. The van der Waals surface area contributed by atoms with Crippen LogP contribution >= 0.6 is 23.2 Å². The second-order valence-corrected chi connectivity index (χ2v) is 11.5. The highest BCUT2D eigenvalue weighted by atomic mass is 35.5. The number of alkyl halides is 2. The lowest BCUT2D eigenvalue weighted by molar-refractivity contribution is 0.0528. The predicted molar refractivity (Wildman–Crippen MR) is 185 cm³/mol. The van der Waals surface area contributed by atoms with E-state index >= 15 is 0 Å². The number of halogens is 2. The Labute approximate surface area is 294 Å². The lowest BCUT2D eigenvalue weighted by Crippen LogP contribution is -2.25. The van der Waals surface area contributed by atoms with Crippen LogP contribution in [0.25, 0.3) is 11.1 Å². The van der Waals surface area contributed by atoms with Crippen LogP contribution < -0.4 is 28.4 Å². The number of aliphatic hydroxyl groups is 5. The third-order valence-electron chi connectivity index (χ3n) is 6.78. The molecule has 4 aromatic carbocycles. The van der Waals surface area contributed by atoms with Gasteiger partial charge in [-0.1, -0.05) is 24.3 Å². The molecule has 0 fully saturated rings. The molecule has 11 nitrogen and oxygen atoms in total.